The zero-order chi connectivity index (χ0) is 27.3. The SMILES string of the molecule is CCC(C)(C)N(C(=O)CNC(=O)OC(C)(C)C)C(C(=O)Nc1c(C)cccc1C)c1ccccc1O. The van der Waals surface area contributed by atoms with Crippen LogP contribution in [-0.4, -0.2) is 45.6 Å². The molecular formula is C28H39N3O5. The number of carbonyl (C=O) groups is 3. The van der Waals surface area contributed by atoms with Gasteiger partial charge in [-0.25, -0.2) is 4.79 Å². The number of para-hydroxylation sites is 2. The molecule has 196 valence electrons. The second kappa shape index (κ2) is 11.5. The molecule has 0 saturated heterocycles. The maximum atomic E-state index is 13.9. The molecule has 0 radical (unpaired) electrons. The van der Waals surface area contributed by atoms with Crippen LogP contribution in [0.4, 0.5) is 10.5 Å². The third-order valence-corrected chi connectivity index (χ3v) is 6.04. The summed E-state index contributed by atoms with van der Waals surface area (Å²) in [6.45, 7) is 14.2. The lowest BCUT2D eigenvalue weighted by molar-refractivity contribution is -0.145. The normalized spacial score (nSPS) is 12.4. The van der Waals surface area contributed by atoms with Crippen LogP contribution in [0, 0.1) is 13.8 Å². The van der Waals surface area contributed by atoms with E-state index in [0.29, 0.717) is 12.1 Å². The molecule has 2 rings (SSSR count). The molecule has 0 fully saturated rings. The average Bonchev–Trinajstić information content (AvgIpc) is 2.77. The molecule has 0 aliphatic rings. The summed E-state index contributed by atoms with van der Waals surface area (Å²) in [6, 6.07) is 11.0. The largest absolute Gasteiger partial charge is 0.508 e. The molecule has 8 nitrogen and oxygen atoms in total. The topological polar surface area (TPSA) is 108 Å². The Balaban J connectivity index is 2.53. The third-order valence-electron chi connectivity index (χ3n) is 6.04. The van der Waals surface area contributed by atoms with Gasteiger partial charge in [0.2, 0.25) is 5.91 Å². The second-order valence-electron chi connectivity index (χ2n) is 10.5. The fourth-order valence-electron chi connectivity index (χ4n) is 3.87. The van der Waals surface area contributed by atoms with Gasteiger partial charge in [-0.15, -0.1) is 0 Å². The van der Waals surface area contributed by atoms with E-state index in [1.165, 1.54) is 11.0 Å². The smallest absolute Gasteiger partial charge is 0.408 e. The molecule has 2 aromatic carbocycles. The van der Waals surface area contributed by atoms with Crippen molar-refractivity contribution >= 4 is 23.6 Å². The van der Waals surface area contributed by atoms with E-state index in [1.807, 2.05) is 52.8 Å². The number of alkyl carbamates (subject to hydrolysis) is 1. The van der Waals surface area contributed by atoms with Crippen molar-refractivity contribution in [2.45, 2.75) is 79.0 Å². The van der Waals surface area contributed by atoms with Crippen molar-refractivity contribution in [3.63, 3.8) is 0 Å². The predicted octanol–water partition coefficient (Wildman–Crippen LogP) is 5.23. The van der Waals surface area contributed by atoms with E-state index in [2.05, 4.69) is 10.6 Å². The van der Waals surface area contributed by atoms with Crippen molar-refractivity contribution in [1.29, 1.82) is 0 Å². The number of rotatable bonds is 8. The molecule has 0 aliphatic carbocycles. The molecule has 1 atom stereocenters. The fourth-order valence-corrected chi connectivity index (χ4v) is 3.87. The standard InChI is InChI=1S/C28H39N3O5/c1-9-28(7,8)31(22(33)17-29-26(35)36-27(4,5)6)24(20-15-10-11-16-21(20)32)25(34)30-23-18(2)13-12-14-19(23)3/h10-16,24,32H,9,17H2,1-8H3,(H,29,35)(H,30,34). The number of hydrogen-bond donors (Lipinski definition) is 3. The number of hydrogen-bond acceptors (Lipinski definition) is 5. The number of amides is 3. The van der Waals surface area contributed by atoms with Gasteiger partial charge in [0.15, 0.2) is 0 Å². The molecule has 3 amide bonds. The van der Waals surface area contributed by atoms with Crippen LogP contribution in [0.2, 0.25) is 0 Å². The van der Waals surface area contributed by atoms with Crippen LogP contribution in [-0.2, 0) is 14.3 Å². The predicted molar refractivity (Wildman–Crippen MR) is 141 cm³/mol. The molecule has 0 bridgehead atoms. The van der Waals surface area contributed by atoms with Gasteiger partial charge in [0, 0.05) is 16.8 Å². The Bertz CT molecular complexity index is 1080. The van der Waals surface area contributed by atoms with E-state index in [4.69, 9.17) is 4.74 Å². The molecule has 0 heterocycles. The van der Waals surface area contributed by atoms with Gasteiger partial charge in [0.25, 0.3) is 5.91 Å². The maximum Gasteiger partial charge on any atom is 0.408 e. The van der Waals surface area contributed by atoms with E-state index >= 15 is 0 Å². The lowest BCUT2D eigenvalue weighted by Gasteiger charge is -2.43. The molecule has 36 heavy (non-hydrogen) atoms. The number of nitrogens with zero attached hydrogens (tertiary/aromatic N) is 1. The van der Waals surface area contributed by atoms with Crippen LogP contribution in [0.5, 0.6) is 5.75 Å². The van der Waals surface area contributed by atoms with Crippen LogP contribution in [0.25, 0.3) is 0 Å². The van der Waals surface area contributed by atoms with E-state index in [0.717, 1.165) is 11.1 Å². The van der Waals surface area contributed by atoms with E-state index in [9.17, 15) is 19.5 Å². The Morgan fingerprint density at radius 2 is 1.56 bits per heavy atom. The lowest BCUT2D eigenvalue weighted by Crippen LogP contribution is -2.55. The first-order valence-corrected chi connectivity index (χ1v) is 12.1. The first-order chi connectivity index (χ1) is 16.7. The van der Waals surface area contributed by atoms with Crippen molar-refractivity contribution in [2.24, 2.45) is 0 Å². The van der Waals surface area contributed by atoms with Gasteiger partial charge in [0.1, 0.15) is 23.9 Å². The van der Waals surface area contributed by atoms with Gasteiger partial charge >= 0.3 is 6.09 Å². The van der Waals surface area contributed by atoms with Gasteiger partial charge in [-0.1, -0.05) is 43.3 Å². The summed E-state index contributed by atoms with van der Waals surface area (Å²) in [5.41, 5.74) is 1.17. The number of phenolic OH excluding ortho intramolecular Hbond substituents is 1. The number of benzene rings is 2. The zero-order valence-corrected chi connectivity index (χ0v) is 22.6. The summed E-state index contributed by atoms with van der Waals surface area (Å²) in [4.78, 5) is 41.2. The Morgan fingerprint density at radius 1 is 0.972 bits per heavy atom. The highest BCUT2D eigenvalue weighted by Crippen LogP contribution is 2.36. The minimum absolute atomic E-state index is 0.107. The van der Waals surface area contributed by atoms with Gasteiger partial charge in [-0.2, -0.15) is 0 Å². The summed E-state index contributed by atoms with van der Waals surface area (Å²) < 4.78 is 5.26. The van der Waals surface area contributed by atoms with Crippen LogP contribution in [0.1, 0.15) is 70.7 Å². The van der Waals surface area contributed by atoms with Crippen molar-refractivity contribution in [3.05, 3.63) is 59.2 Å². The molecule has 0 spiro atoms. The highest BCUT2D eigenvalue weighted by molar-refractivity contribution is 6.00. The van der Waals surface area contributed by atoms with Gasteiger partial charge in [-0.05, 0) is 72.1 Å². The summed E-state index contributed by atoms with van der Waals surface area (Å²) in [5.74, 6) is -1.07. The number of ether oxygens (including phenoxy) is 1. The van der Waals surface area contributed by atoms with Crippen molar-refractivity contribution in [3.8, 4) is 5.75 Å². The second-order valence-corrected chi connectivity index (χ2v) is 10.5. The van der Waals surface area contributed by atoms with E-state index in [1.54, 1.807) is 39.0 Å². The first kappa shape index (κ1) is 28.7. The minimum Gasteiger partial charge on any atom is -0.508 e. The summed E-state index contributed by atoms with van der Waals surface area (Å²) in [7, 11) is 0. The molecule has 0 aromatic heterocycles. The van der Waals surface area contributed by atoms with Crippen molar-refractivity contribution < 1.29 is 24.2 Å². The quantitative estimate of drug-likeness (QED) is 0.463. The molecule has 2 aromatic rings. The van der Waals surface area contributed by atoms with E-state index in [-0.39, 0.29) is 17.9 Å². The number of phenols is 1. The number of carbonyl (C=O) groups excluding carboxylic acids is 3. The Morgan fingerprint density at radius 3 is 2.08 bits per heavy atom. The molecule has 0 saturated carbocycles. The lowest BCUT2D eigenvalue weighted by atomic mass is 9.92. The van der Waals surface area contributed by atoms with Gasteiger partial charge in [-0.3, -0.25) is 9.59 Å². The highest BCUT2D eigenvalue weighted by atomic mass is 16.6. The average molecular weight is 498 g/mol. The van der Waals surface area contributed by atoms with Crippen molar-refractivity contribution in [1.82, 2.24) is 10.2 Å². The molecule has 8 heteroatoms. The van der Waals surface area contributed by atoms with Crippen LogP contribution in [0.3, 0.4) is 0 Å². The Hall–Kier alpha value is -3.55. The summed E-state index contributed by atoms with van der Waals surface area (Å²) in [6.07, 6.45) is -0.212. The number of aryl methyl sites for hydroxylation is 2. The summed E-state index contributed by atoms with van der Waals surface area (Å²) >= 11 is 0. The zero-order valence-electron chi connectivity index (χ0n) is 22.6. The van der Waals surface area contributed by atoms with Crippen LogP contribution < -0.4 is 10.6 Å². The molecule has 0 aliphatic heterocycles. The number of aromatic hydroxyl groups is 1. The highest BCUT2D eigenvalue weighted by Gasteiger charge is 2.41. The number of nitrogens with one attached hydrogen (secondary N) is 2. The Kier molecular flexibility index (Phi) is 9.13. The molecular weight excluding hydrogens is 458 g/mol. The van der Waals surface area contributed by atoms with Crippen molar-refractivity contribution in [2.75, 3.05) is 11.9 Å². The van der Waals surface area contributed by atoms with Gasteiger partial charge < -0.3 is 25.4 Å². The van der Waals surface area contributed by atoms with Gasteiger partial charge in [0.05, 0.1) is 0 Å². The third kappa shape index (κ3) is 7.23. The minimum atomic E-state index is -1.16. The summed E-state index contributed by atoms with van der Waals surface area (Å²) in [5, 5.41) is 16.2. The van der Waals surface area contributed by atoms with E-state index < -0.39 is 35.1 Å². The fraction of sp³-hybridized carbons (Fsp3) is 0.464. The maximum absolute atomic E-state index is 13.9. The monoisotopic (exact) mass is 497 g/mol. The van der Waals surface area contributed by atoms with Crippen LogP contribution in [0.15, 0.2) is 42.5 Å². The first-order valence-electron chi connectivity index (χ1n) is 12.1. The molecule has 1 unspecified atom stereocenters. The Labute approximate surface area is 214 Å². The molecule has 3 N–H and O–H groups in total. The van der Waals surface area contributed by atoms with Crippen LogP contribution >= 0.6 is 0 Å². The number of anilines is 1.